The summed E-state index contributed by atoms with van der Waals surface area (Å²) in [6.07, 6.45) is 5.16. The van der Waals surface area contributed by atoms with Crippen molar-refractivity contribution in [2.24, 2.45) is 4.36 Å². The van der Waals surface area contributed by atoms with Gasteiger partial charge in [0.1, 0.15) is 5.69 Å². The Morgan fingerprint density at radius 2 is 2.13 bits per heavy atom. The standard InChI is InChI=1S/C10H19N3OS/c1-6-15(5,14)12-9-7-11-13(8-9)10(2,3)4/h7-8H,6H2,1-5H3. The van der Waals surface area contributed by atoms with Crippen LogP contribution < -0.4 is 0 Å². The van der Waals surface area contributed by atoms with Crippen LogP contribution in [0.1, 0.15) is 27.7 Å². The van der Waals surface area contributed by atoms with Crippen LogP contribution in [0, 0.1) is 0 Å². The van der Waals surface area contributed by atoms with Gasteiger partial charge in [0.05, 0.1) is 17.9 Å². The largest absolute Gasteiger partial charge is 0.265 e. The van der Waals surface area contributed by atoms with Crippen LogP contribution in [0.5, 0.6) is 0 Å². The Kier molecular flexibility index (Phi) is 3.23. The normalized spacial score (nSPS) is 16.1. The number of hydrogen-bond donors (Lipinski definition) is 0. The maximum Gasteiger partial charge on any atom is 0.111 e. The predicted molar refractivity (Wildman–Crippen MR) is 63.9 cm³/mol. The van der Waals surface area contributed by atoms with Gasteiger partial charge in [-0.2, -0.15) is 9.46 Å². The molecule has 0 fully saturated rings. The summed E-state index contributed by atoms with van der Waals surface area (Å²) in [5, 5.41) is 4.20. The fourth-order valence-electron chi connectivity index (χ4n) is 1.01. The quantitative estimate of drug-likeness (QED) is 0.781. The second kappa shape index (κ2) is 3.96. The van der Waals surface area contributed by atoms with Gasteiger partial charge in [-0.25, -0.2) is 4.21 Å². The van der Waals surface area contributed by atoms with E-state index in [0.29, 0.717) is 11.4 Å². The van der Waals surface area contributed by atoms with Gasteiger partial charge in [-0.05, 0) is 20.8 Å². The third kappa shape index (κ3) is 3.34. The van der Waals surface area contributed by atoms with Gasteiger partial charge in [-0.15, -0.1) is 0 Å². The smallest absolute Gasteiger partial charge is 0.111 e. The van der Waals surface area contributed by atoms with E-state index >= 15 is 0 Å². The predicted octanol–water partition coefficient (Wildman–Crippen LogP) is 2.39. The molecule has 0 aliphatic heterocycles. The van der Waals surface area contributed by atoms with E-state index in [4.69, 9.17) is 0 Å². The Labute approximate surface area is 91.9 Å². The second-order valence-electron chi connectivity index (χ2n) is 4.65. The molecule has 0 aliphatic rings. The lowest BCUT2D eigenvalue weighted by Crippen LogP contribution is -2.21. The minimum Gasteiger partial charge on any atom is -0.265 e. The van der Waals surface area contributed by atoms with Crippen molar-refractivity contribution < 1.29 is 4.21 Å². The van der Waals surface area contributed by atoms with Crippen LogP contribution >= 0.6 is 0 Å². The second-order valence-corrected chi connectivity index (χ2v) is 7.33. The molecule has 0 aromatic carbocycles. The molecule has 15 heavy (non-hydrogen) atoms. The van der Waals surface area contributed by atoms with Gasteiger partial charge in [-0.3, -0.25) is 4.68 Å². The Morgan fingerprint density at radius 3 is 2.53 bits per heavy atom. The summed E-state index contributed by atoms with van der Waals surface area (Å²) >= 11 is 0. The van der Waals surface area contributed by atoms with Gasteiger partial charge in [0.25, 0.3) is 0 Å². The minimum absolute atomic E-state index is 0.0609. The molecular formula is C10H19N3OS. The van der Waals surface area contributed by atoms with Crippen LogP contribution in [0.2, 0.25) is 0 Å². The van der Waals surface area contributed by atoms with E-state index in [0.717, 1.165) is 0 Å². The van der Waals surface area contributed by atoms with Gasteiger partial charge >= 0.3 is 0 Å². The van der Waals surface area contributed by atoms with Gasteiger partial charge in [0.2, 0.25) is 0 Å². The number of aromatic nitrogens is 2. The van der Waals surface area contributed by atoms with E-state index < -0.39 is 9.73 Å². The molecule has 0 amide bonds. The highest BCUT2D eigenvalue weighted by Gasteiger charge is 2.14. The van der Waals surface area contributed by atoms with Crippen molar-refractivity contribution in [3.05, 3.63) is 12.4 Å². The highest BCUT2D eigenvalue weighted by molar-refractivity contribution is 7.93. The highest BCUT2D eigenvalue weighted by atomic mass is 32.2. The van der Waals surface area contributed by atoms with Crippen LogP contribution in [-0.4, -0.2) is 26.0 Å². The number of hydrogen-bond acceptors (Lipinski definition) is 3. The Morgan fingerprint density at radius 1 is 1.53 bits per heavy atom. The Balaban J connectivity index is 3.07. The van der Waals surface area contributed by atoms with Crippen molar-refractivity contribution in [2.75, 3.05) is 12.0 Å². The Bertz CT molecular complexity index is 447. The molecule has 1 rings (SSSR count). The molecule has 0 radical (unpaired) electrons. The van der Waals surface area contributed by atoms with Crippen molar-refractivity contribution in [2.45, 2.75) is 33.2 Å². The van der Waals surface area contributed by atoms with E-state index in [1.54, 1.807) is 12.5 Å². The van der Waals surface area contributed by atoms with E-state index in [1.165, 1.54) is 0 Å². The van der Waals surface area contributed by atoms with Crippen molar-refractivity contribution >= 4 is 15.4 Å². The third-order valence-electron chi connectivity index (χ3n) is 2.09. The van der Waals surface area contributed by atoms with Crippen molar-refractivity contribution in [1.29, 1.82) is 0 Å². The number of rotatable bonds is 2. The molecule has 1 aromatic rings. The molecule has 1 aromatic heterocycles. The van der Waals surface area contributed by atoms with Gasteiger partial charge in [0, 0.05) is 21.7 Å². The molecule has 0 spiro atoms. The van der Waals surface area contributed by atoms with Crippen molar-refractivity contribution in [1.82, 2.24) is 9.78 Å². The first-order valence-electron chi connectivity index (χ1n) is 4.99. The lowest BCUT2D eigenvalue weighted by atomic mass is 10.1. The average molecular weight is 229 g/mol. The zero-order valence-electron chi connectivity index (χ0n) is 10.0. The summed E-state index contributed by atoms with van der Waals surface area (Å²) in [6, 6.07) is 0. The molecule has 1 heterocycles. The molecular weight excluding hydrogens is 210 g/mol. The van der Waals surface area contributed by atoms with E-state index in [9.17, 15) is 4.21 Å². The minimum atomic E-state index is -2.08. The Hall–Kier alpha value is -0.840. The molecule has 4 nitrogen and oxygen atoms in total. The highest BCUT2D eigenvalue weighted by Crippen LogP contribution is 2.18. The molecule has 0 saturated carbocycles. The fourth-order valence-corrected chi connectivity index (χ4v) is 1.68. The first-order chi connectivity index (χ1) is 6.74. The van der Waals surface area contributed by atoms with Crippen molar-refractivity contribution in [3.8, 4) is 0 Å². The molecule has 0 N–H and O–H groups in total. The molecule has 1 atom stereocenters. The van der Waals surface area contributed by atoms with Crippen LogP contribution in [-0.2, 0) is 15.3 Å². The molecule has 0 saturated heterocycles. The maximum absolute atomic E-state index is 11.8. The monoisotopic (exact) mass is 229 g/mol. The van der Waals surface area contributed by atoms with Crippen molar-refractivity contribution in [3.63, 3.8) is 0 Å². The zero-order chi connectivity index (χ0) is 11.7. The maximum atomic E-state index is 11.8. The summed E-state index contributed by atoms with van der Waals surface area (Å²) in [5.41, 5.74) is 0.633. The van der Waals surface area contributed by atoms with Gasteiger partial charge in [-0.1, -0.05) is 6.92 Å². The average Bonchev–Trinajstić information content (AvgIpc) is 2.51. The lowest BCUT2D eigenvalue weighted by molar-refractivity contribution is 0.355. The zero-order valence-corrected chi connectivity index (χ0v) is 10.8. The molecule has 1 unspecified atom stereocenters. The summed E-state index contributed by atoms with van der Waals surface area (Å²) in [4.78, 5) is 0. The van der Waals surface area contributed by atoms with Crippen LogP contribution in [0.25, 0.3) is 0 Å². The summed E-state index contributed by atoms with van der Waals surface area (Å²) < 4.78 is 17.8. The molecule has 5 heteroatoms. The topological polar surface area (TPSA) is 47.2 Å². The van der Waals surface area contributed by atoms with E-state index in [2.05, 4.69) is 30.2 Å². The first kappa shape index (κ1) is 12.2. The van der Waals surface area contributed by atoms with Crippen LogP contribution in [0.4, 0.5) is 5.69 Å². The molecule has 0 aliphatic carbocycles. The number of nitrogens with zero attached hydrogens (tertiary/aromatic N) is 3. The SMILES string of the molecule is CCS(C)(=O)=Nc1cnn(C(C)(C)C)c1. The third-order valence-corrected chi connectivity index (χ3v) is 3.76. The van der Waals surface area contributed by atoms with Gasteiger partial charge in [0.15, 0.2) is 0 Å². The van der Waals surface area contributed by atoms with E-state index in [-0.39, 0.29) is 5.54 Å². The molecule has 0 bridgehead atoms. The van der Waals surface area contributed by atoms with Crippen LogP contribution in [0.3, 0.4) is 0 Å². The summed E-state index contributed by atoms with van der Waals surface area (Å²) in [7, 11) is -2.08. The van der Waals surface area contributed by atoms with Gasteiger partial charge < -0.3 is 0 Å². The lowest BCUT2D eigenvalue weighted by Gasteiger charge is -2.18. The summed E-state index contributed by atoms with van der Waals surface area (Å²) in [5.74, 6) is 0.563. The van der Waals surface area contributed by atoms with Crippen LogP contribution in [0.15, 0.2) is 16.8 Å². The molecule has 86 valence electrons. The fraction of sp³-hybridized carbons (Fsp3) is 0.700. The van der Waals surface area contributed by atoms with E-state index in [1.807, 2.05) is 17.8 Å². The summed E-state index contributed by atoms with van der Waals surface area (Å²) in [6.45, 7) is 8.06. The first-order valence-corrected chi connectivity index (χ1v) is 7.09.